The molecule has 2 saturated heterocycles. The fourth-order valence-corrected chi connectivity index (χ4v) is 3.81. The topological polar surface area (TPSA) is 119 Å². The number of hydrogen-bond donors (Lipinski definition) is 3. The molecule has 0 atom stereocenters. The van der Waals surface area contributed by atoms with Crippen molar-refractivity contribution in [2.75, 3.05) is 52.5 Å². The molecule has 32 heavy (non-hydrogen) atoms. The minimum absolute atomic E-state index is 0.167. The van der Waals surface area contributed by atoms with Crippen LogP contribution in [0.25, 0.3) is 0 Å². The lowest BCUT2D eigenvalue weighted by molar-refractivity contribution is -0.159. The molecular formula is C22H32ClN3O6. The van der Waals surface area contributed by atoms with E-state index in [1.54, 1.807) is 0 Å². The molecule has 10 heteroatoms. The van der Waals surface area contributed by atoms with Crippen LogP contribution in [0.2, 0.25) is 5.02 Å². The molecule has 0 unspecified atom stereocenters. The van der Waals surface area contributed by atoms with Gasteiger partial charge in [-0.15, -0.1) is 0 Å². The van der Waals surface area contributed by atoms with Crippen LogP contribution in [0, 0.1) is 5.92 Å². The van der Waals surface area contributed by atoms with Gasteiger partial charge < -0.3 is 20.3 Å². The second kappa shape index (κ2) is 14.1. The van der Waals surface area contributed by atoms with E-state index in [2.05, 4.69) is 27.2 Å². The number of morpholine rings is 1. The molecule has 2 fully saturated rings. The van der Waals surface area contributed by atoms with E-state index in [4.69, 9.17) is 36.1 Å². The van der Waals surface area contributed by atoms with Gasteiger partial charge in [0.25, 0.3) is 0 Å². The highest BCUT2D eigenvalue weighted by atomic mass is 35.5. The standard InChI is InChI=1S/C20H30ClN3O2.C2H2O4/c21-19-4-2-17(3-5-19)16-24-10-6-18(7-11-24)20(25)22-8-1-9-23-12-14-26-15-13-23;3-1(4)2(5)6/h2-5,18H,1,6-16H2,(H,22,25);(H,3,4)(H,5,6). The van der Waals surface area contributed by atoms with Gasteiger partial charge in [-0.1, -0.05) is 23.7 Å². The Morgan fingerprint density at radius 3 is 2.12 bits per heavy atom. The number of carbonyl (C=O) groups is 3. The first kappa shape index (κ1) is 26.1. The van der Waals surface area contributed by atoms with Crippen molar-refractivity contribution < 1.29 is 29.3 Å². The van der Waals surface area contributed by atoms with Gasteiger partial charge in [0, 0.05) is 37.1 Å². The van der Waals surface area contributed by atoms with Crippen molar-refractivity contribution in [2.24, 2.45) is 5.92 Å². The first-order chi connectivity index (χ1) is 15.3. The van der Waals surface area contributed by atoms with Gasteiger partial charge in [-0.25, -0.2) is 9.59 Å². The molecule has 0 bridgehead atoms. The van der Waals surface area contributed by atoms with E-state index >= 15 is 0 Å². The number of nitrogens with one attached hydrogen (secondary N) is 1. The summed E-state index contributed by atoms with van der Waals surface area (Å²) >= 11 is 5.94. The number of carbonyl (C=O) groups excluding carboxylic acids is 1. The fraction of sp³-hybridized carbons (Fsp3) is 0.591. The minimum atomic E-state index is -1.82. The third kappa shape index (κ3) is 9.95. The molecule has 0 aromatic heterocycles. The normalized spacial score (nSPS) is 17.8. The minimum Gasteiger partial charge on any atom is -0.473 e. The molecule has 0 aliphatic carbocycles. The largest absolute Gasteiger partial charge is 0.473 e. The van der Waals surface area contributed by atoms with E-state index in [0.717, 1.165) is 83.3 Å². The predicted molar refractivity (Wildman–Crippen MR) is 120 cm³/mol. The summed E-state index contributed by atoms with van der Waals surface area (Å²) in [6, 6.07) is 8.03. The Morgan fingerprint density at radius 2 is 1.56 bits per heavy atom. The zero-order valence-electron chi connectivity index (χ0n) is 18.2. The summed E-state index contributed by atoms with van der Waals surface area (Å²) < 4.78 is 5.35. The van der Waals surface area contributed by atoms with Crippen LogP contribution in [0.1, 0.15) is 24.8 Å². The predicted octanol–water partition coefficient (Wildman–Crippen LogP) is 1.55. The molecule has 9 nitrogen and oxygen atoms in total. The summed E-state index contributed by atoms with van der Waals surface area (Å²) in [5, 5.41) is 18.7. The molecule has 3 rings (SSSR count). The van der Waals surface area contributed by atoms with Crippen LogP contribution in [0.5, 0.6) is 0 Å². The van der Waals surface area contributed by atoms with E-state index in [9.17, 15) is 4.79 Å². The van der Waals surface area contributed by atoms with E-state index in [1.807, 2.05) is 12.1 Å². The number of ether oxygens (including phenoxy) is 1. The zero-order valence-corrected chi connectivity index (χ0v) is 18.9. The van der Waals surface area contributed by atoms with Crippen molar-refractivity contribution in [2.45, 2.75) is 25.8 Å². The highest BCUT2D eigenvalue weighted by molar-refractivity contribution is 6.30. The molecule has 1 aromatic rings. The highest BCUT2D eigenvalue weighted by Crippen LogP contribution is 2.20. The third-order valence-corrected chi connectivity index (χ3v) is 5.77. The van der Waals surface area contributed by atoms with E-state index in [1.165, 1.54) is 5.56 Å². The molecule has 2 aliphatic rings. The molecular weight excluding hydrogens is 438 g/mol. The van der Waals surface area contributed by atoms with Gasteiger partial charge in [-0.3, -0.25) is 14.6 Å². The van der Waals surface area contributed by atoms with E-state index in [-0.39, 0.29) is 11.8 Å². The number of carboxylic acid groups (broad SMARTS) is 2. The number of piperidine rings is 1. The van der Waals surface area contributed by atoms with Crippen molar-refractivity contribution in [3.05, 3.63) is 34.9 Å². The average Bonchev–Trinajstić information content (AvgIpc) is 2.79. The molecule has 2 aliphatic heterocycles. The second-order valence-corrected chi connectivity index (χ2v) is 8.32. The first-order valence-electron chi connectivity index (χ1n) is 10.9. The Bertz CT molecular complexity index is 720. The quantitative estimate of drug-likeness (QED) is 0.406. The van der Waals surface area contributed by atoms with E-state index in [0.29, 0.717) is 0 Å². The Morgan fingerprint density at radius 1 is 0.969 bits per heavy atom. The van der Waals surface area contributed by atoms with Crippen LogP contribution in [0.4, 0.5) is 0 Å². The molecule has 0 spiro atoms. The number of hydrogen-bond acceptors (Lipinski definition) is 6. The molecule has 1 aromatic carbocycles. The van der Waals surface area contributed by atoms with Crippen LogP contribution in [0.3, 0.4) is 0 Å². The summed E-state index contributed by atoms with van der Waals surface area (Å²) in [4.78, 5) is 35.4. The van der Waals surface area contributed by atoms with Crippen LogP contribution >= 0.6 is 11.6 Å². The SMILES string of the molecule is O=C(NCCCN1CCOCC1)C1CCN(Cc2ccc(Cl)cc2)CC1.O=C(O)C(=O)O. The summed E-state index contributed by atoms with van der Waals surface area (Å²) in [6.45, 7) is 8.42. The Kier molecular flexibility index (Phi) is 11.4. The molecule has 2 heterocycles. The van der Waals surface area contributed by atoms with Gasteiger partial charge >= 0.3 is 11.9 Å². The van der Waals surface area contributed by atoms with Crippen LogP contribution in [-0.4, -0.2) is 90.3 Å². The van der Waals surface area contributed by atoms with Crippen LogP contribution in [-0.2, 0) is 25.7 Å². The van der Waals surface area contributed by atoms with Crippen LogP contribution < -0.4 is 5.32 Å². The first-order valence-corrected chi connectivity index (χ1v) is 11.2. The van der Waals surface area contributed by atoms with Crippen molar-refractivity contribution in [1.82, 2.24) is 15.1 Å². The maximum atomic E-state index is 12.4. The van der Waals surface area contributed by atoms with Gasteiger partial charge in [0.1, 0.15) is 0 Å². The Balaban J connectivity index is 0.000000534. The summed E-state index contributed by atoms with van der Waals surface area (Å²) in [5.74, 6) is -3.25. The Hall–Kier alpha value is -2.20. The number of benzene rings is 1. The summed E-state index contributed by atoms with van der Waals surface area (Å²) in [6.07, 6.45) is 2.91. The zero-order chi connectivity index (χ0) is 23.3. The number of likely N-dealkylation sites (tertiary alicyclic amines) is 1. The lowest BCUT2D eigenvalue weighted by atomic mass is 9.95. The second-order valence-electron chi connectivity index (χ2n) is 7.89. The number of halogens is 1. The highest BCUT2D eigenvalue weighted by Gasteiger charge is 2.24. The van der Waals surface area contributed by atoms with Gasteiger partial charge in [-0.2, -0.15) is 0 Å². The summed E-state index contributed by atoms with van der Waals surface area (Å²) in [5.41, 5.74) is 1.28. The molecule has 3 N–H and O–H groups in total. The smallest absolute Gasteiger partial charge is 0.414 e. The van der Waals surface area contributed by atoms with Crippen molar-refractivity contribution in [3.8, 4) is 0 Å². The molecule has 178 valence electrons. The number of carboxylic acids is 2. The third-order valence-electron chi connectivity index (χ3n) is 5.51. The average molecular weight is 470 g/mol. The fourth-order valence-electron chi connectivity index (χ4n) is 3.68. The van der Waals surface area contributed by atoms with E-state index < -0.39 is 11.9 Å². The van der Waals surface area contributed by atoms with Crippen molar-refractivity contribution in [3.63, 3.8) is 0 Å². The lowest BCUT2D eigenvalue weighted by Crippen LogP contribution is -2.41. The number of rotatable bonds is 7. The molecule has 0 radical (unpaired) electrons. The Labute approximate surface area is 193 Å². The van der Waals surface area contributed by atoms with Gasteiger partial charge in [0.2, 0.25) is 5.91 Å². The summed E-state index contributed by atoms with van der Waals surface area (Å²) in [7, 11) is 0. The van der Waals surface area contributed by atoms with Gasteiger partial charge in [-0.05, 0) is 56.6 Å². The van der Waals surface area contributed by atoms with Crippen molar-refractivity contribution in [1.29, 1.82) is 0 Å². The maximum absolute atomic E-state index is 12.4. The number of nitrogens with zero attached hydrogens (tertiary/aromatic N) is 2. The van der Waals surface area contributed by atoms with Gasteiger partial charge in [0.05, 0.1) is 13.2 Å². The number of aliphatic carboxylic acids is 2. The molecule has 1 amide bonds. The number of amides is 1. The van der Waals surface area contributed by atoms with Gasteiger partial charge in [0.15, 0.2) is 0 Å². The monoisotopic (exact) mass is 469 g/mol. The maximum Gasteiger partial charge on any atom is 0.414 e. The lowest BCUT2D eigenvalue weighted by Gasteiger charge is -2.31. The van der Waals surface area contributed by atoms with Crippen molar-refractivity contribution >= 4 is 29.4 Å². The van der Waals surface area contributed by atoms with Crippen LogP contribution in [0.15, 0.2) is 24.3 Å². The molecule has 0 saturated carbocycles.